The highest BCUT2D eigenvalue weighted by Crippen LogP contribution is 2.25. The first-order valence-electron chi connectivity index (χ1n) is 12.6. The summed E-state index contributed by atoms with van der Waals surface area (Å²) >= 11 is 1.24. The largest absolute Gasteiger partial charge is 0.486 e. The number of thioether (sulfide) groups is 1. The van der Waals surface area contributed by atoms with E-state index in [1.165, 1.54) is 22.0 Å². The third kappa shape index (κ3) is 6.34. The monoisotopic (exact) mass is 546 g/mol. The lowest BCUT2D eigenvalue weighted by Crippen LogP contribution is -2.23. The molecule has 1 N–H and O–H groups in total. The molecule has 9 nitrogen and oxygen atoms in total. The summed E-state index contributed by atoms with van der Waals surface area (Å²) in [5.41, 5.74) is 2.65. The lowest BCUT2D eigenvalue weighted by molar-refractivity contribution is -0.113. The van der Waals surface area contributed by atoms with Crippen LogP contribution in [0.3, 0.4) is 0 Å². The van der Waals surface area contributed by atoms with Gasteiger partial charge in [-0.2, -0.15) is 0 Å². The van der Waals surface area contributed by atoms with Gasteiger partial charge in [0, 0.05) is 13.6 Å². The molecule has 0 aliphatic rings. The Morgan fingerprint density at radius 2 is 1.79 bits per heavy atom. The number of ether oxygens (including phenoxy) is 1. The Morgan fingerprint density at radius 3 is 2.44 bits per heavy atom. The Morgan fingerprint density at radius 1 is 1.10 bits per heavy atom. The summed E-state index contributed by atoms with van der Waals surface area (Å²) in [5, 5.41) is 11.9. The van der Waals surface area contributed by atoms with Crippen LogP contribution in [0.5, 0.6) is 5.75 Å². The third-order valence-electron chi connectivity index (χ3n) is 6.34. The number of amides is 1. The van der Waals surface area contributed by atoms with Crippen molar-refractivity contribution in [2.45, 2.75) is 51.4 Å². The second-order valence-electron chi connectivity index (χ2n) is 10.1. The molecular formula is C29H34N6O3S. The van der Waals surface area contributed by atoms with Gasteiger partial charge in [-0.3, -0.25) is 18.8 Å². The van der Waals surface area contributed by atoms with Crippen molar-refractivity contribution in [1.82, 2.24) is 24.1 Å². The van der Waals surface area contributed by atoms with Crippen LogP contribution in [-0.4, -0.2) is 35.8 Å². The summed E-state index contributed by atoms with van der Waals surface area (Å²) < 4.78 is 11.1. The fraction of sp³-hybridized carbons (Fsp3) is 0.310. The lowest BCUT2D eigenvalue weighted by atomic mass is 9.87. The highest BCUT2D eigenvalue weighted by Gasteiger charge is 2.20. The van der Waals surface area contributed by atoms with E-state index in [4.69, 9.17) is 4.74 Å². The van der Waals surface area contributed by atoms with Crippen molar-refractivity contribution in [2.24, 2.45) is 7.05 Å². The first kappa shape index (κ1) is 28.0. The molecule has 0 bridgehead atoms. The molecule has 2 heterocycles. The summed E-state index contributed by atoms with van der Waals surface area (Å²) in [6, 6.07) is 17.3. The summed E-state index contributed by atoms with van der Waals surface area (Å²) in [4.78, 5) is 25.9. The molecule has 0 saturated heterocycles. The first-order chi connectivity index (χ1) is 18.6. The van der Waals surface area contributed by atoms with Gasteiger partial charge in [0.05, 0.1) is 17.1 Å². The predicted octanol–water partition coefficient (Wildman–Crippen LogP) is 4.87. The Labute approximate surface area is 232 Å². The number of para-hydroxylation sites is 1. The summed E-state index contributed by atoms with van der Waals surface area (Å²) in [7, 11) is 1.79. The van der Waals surface area contributed by atoms with Gasteiger partial charge in [0.25, 0.3) is 5.56 Å². The number of nitrogens with one attached hydrogen (secondary N) is 1. The smallest absolute Gasteiger partial charge is 0.295 e. The number of anilines is 1. The maximum Gasteiger partial charge on any atom is 0.295 e. The van der Waals surface area contributed by atoms with E-state index < -0.39 is 0 Å². The number of hydrogen-bond donors (Lipinski definition) is 1. The molecule has 0 radical (unpaired) electrons. The normalized spacial score (nSPS) is 11.4. The van der Waals surface area contributed by atoms with Gasteiger partial charge in [0.15, 0.2) is 11.0 Å². The van der Waals surface area contributed by atoms with Crippen molar-refractivity contribution in [3.63, 3.8) is 0 Å². The van der Waals surface area contributed by atoms with E-state index in [1.54, 1.807) is 24.7 Å². The molecule has 2 aromatic carbocycles. The third-order valence-corrected chi connectivity index (χ3v) is 7.31. The van der Waals surface area contributed by atoms with E-state index in [2.05, 4.69) is 55.0 Å². The first-order valence-corrected chi connectivity index (χ1v) is 13.6. The van der Waals surface area contributed by atoms with Crippen LogP contribution < -0.4 is 15.6 Å². The molecule has 10 heteroatoms. The molecule has 0 aliphatic carbocycles. The Kier molecular flexibility index (Phi) is 8.44. The fourth-order valence-electron chi connectivity index (χ4n) is 4.06. The molecule has 2 aromatic heterocycles. The van der Waals surface area contributed by atoms with Crippen LogP contribution in [0, 0.1) is 6.92 Å². The minimum absolute atomic E-state index is 0.0590. The van der Waals surface area contributed by atoms with Gasteiger partial charge < -0.3 is 10.1 Å². The van der Waals surface area contributed by atoms with Gasteiger partial charge in [-0.25, -0.2) is 4.68 Å². The van der Waals surface area contributed by atoms with Crippen molar-refractivity contribution in [1.29, 1.82) is 0 Å². The Bertz CT molecular complexity index is 1510. The molecule has 4 rings (SSSR count). The van der Waals surface area contributed by atoms with Crippen molar-refractivity contribution in [3.05, 3.63) is 94.7 Å². The van der Waals surface area contributed by atoms with E-state index >= 15 is 0 Å². The molecule has 204 valence electrons. The van der Waals surface area contributed by atoms with Gasteiger partial charge >= 0.3 is 0 Å². The fourth-order valence-corrected chi connectivity index (χ4v) is 4.83. The zero-order chi connectivity index (χ0) is 28.2. The van der Waals surface area contributed by atoms with Crippen LogP contribution in [0.25, 0.3) is 5.69 Å². The molecule has 1 amide bonds. The molecule has 4 aromatic rings. The molecule has 39 heavy (non-hydrogen) atoms. The van der Waals surface area contributed by atoms with Crippen LogP contribution >= 0.6 is 11.8 Å². The SMILES string of the molecule is C=CCn1c(COc2ccc(C(C)(C)C)cc2)nnc1SCC(=O)Nc1c(C)n(C)n(-c2ccccc2)c1=O. The number of carbonyl (C=O) groups excluding carboxylic acids is 1. The number of benzene rings is 2. The highest BCUT2D eigenvalue weighted by molar-refractivity contribution is 7.99. The second kappa shape index (κ2) is 11.8. The number of hydrogen-bond acceptors (Lipinski definition) is 6. The Balaban J connectivity index is 1.42. The molecule has 0 spiro atoms. The zero-order valence-corrected chi connectivity index (χ0v) is 23.8. The number of aromatic nitrogens is 5. The van der Waals surface area contributed by atoms with E-state index in [0.717, 1.165) is 11.4 Å². The highest BCUT2D eigenvalue weighted by atomic mass is 32.2. The van der Waals surface area contributed by atoms with Crippen molar-refractivity contribution in [2.75, 3.05) is 11.1 Å². The average molecular weight is 547 g/mol. The number of nitrogens with zero attached hydrogens (tertiary/aromatic N) is 5. The van der Waals surface area contributed by atoms with Crippen LogP contribution in [0.1, 0.15) is 37.9 Å². The molecule has 0 unspecified atom stereocenters. The molecular weight excluding hydrogens is 512 g/mol. The minimum Gasteiger partial charge on any atom is -0.486 e. The van der Waals surface area contributed by atoms with Gasteiger partial charge in [0.1, 0.15) is 18.0 Å². The number of rotatable bonds is 10. The number of allylic oxidation sites excluding steroid dienone is 1. The molecule has 0 aliphatic heterocycles. The summed E-state index contributed by atoms with van der Waals surface area (Å²) in [6.07, 6.45) is 1.74. The van der Waals surface area contributed by atoms with Crippen molar-refractivity contribution < 1.29 is 9.53 Å². The van der Waals surface area contributed by atoms with Crippen molar-refractivity contribution >= 4 is 23.4 Å². The lowest BCUT2D eigenvalue weighted by Gasteiger charge is -2.19. The topological polar surface area (TPSA) is 96.0 Å². The van der Waals surface area contributed by atoms with E-state index in [9.17, 15) is 9.59 Å². The predicted molar refractivity (Wildman–Crippen MR) is 155 cm³/mol. The molecule has 0 saturated carbocycles. The van der Waals surface area contributed by atoms with Crippen LogP contribution in [-0.2, 0) is 30.4 Å². The van der Waals surface area contributed by atoms with E-state index in [0.29, 0.717) is 23.2 Å². The van der Waals surface area contributed by atoms with Crippen LogP contribution in [0.2, 0.25) is 0 Å². The summed E-state index contributed by atoms with van der Waals surface area (Å²) in [5.74, 6) is 1.12. The maximum atomic E-state index is 13.1. The Hall–Kier alpha value is -4.05. The summed E-state index contributed by atoms with van der Waals surface area (Å²) in [6.45, 7) is 12.8. The van der Waals surface area contributed by atoms with Crippen LogP contribution in [0.15, 0.2) is 77.2 Å². The second-order valence-corrected chi connectivity index (χ2v) is 11.1. The van der Waals surface area contributed by atoms with E-state index in [-0.39, 0.29) is 34.9 Å². The van der Waals surface area contributed by atoms with Gasteiger partial charge in [0.2, 0.25) is 5.91 Å². The van der Waals surface area contributed by atoms with Gasteiger partial charge in [-0.1, -0.05) is 68.9 Å². The van der Waals surface area contributed by atoms with Gasteiger partial charge in [-0.05, 0) is 42.2 Å². The standard InChI is InChI=1S/C29H34N6O3S/c1-7-17-34-24(18-38-23-15-13-21(14-16-23)29(3,4)5)31-32-28(34)39-19-25(36)30-26-20(2)33(6)35(27(26)37)22-11-9-8-10-12-22/h7-16H,1,17-19H2,2-6H3,(H,30,36). The zero-order valence-electron chi connectivity index (χ0n) is 23.0. The quantitative estimate of drug-likeness (QED) is 0.225. The van der Waals surface area contributed by atoms with Gasteiger partial charge in [-0.15, -0.1) is 16.8 Å². The van der Waals surface area contributed by atoms with Crippen molar-refractivity contribution in [3.8, 4) is 11.4 Å². The minimum atomic E-state index is -0.309. The average Bonchev–Trinajstić information content (AvgIpc) is 3.39. The molecule has 0 fully saturated rings. The number of carbonyl (C=O) groups is 1. The van der Waals surface area contributed by atoms with Crippen LogP contribution in [0.4, 0.5) is 5.69 Å². The molecule has 0 atom stereocenters. The maximum absolute atomic E-state index is 13.1. The van der Waals surface area contributed by atoms with E-state index in [1.807, 2.05) is 47.0 Å².